The second-order valence-electron chi connectivity index (χ2n) is 9.01. The van der Waals surface area contributed by atoms with Crippen LogP contribution in [0.5, 0.6) is 5.75 Å². The minimum absolute atomic E-state index is 0.0201. The van der Waals surface area contributed by atoms with Crippen molar-refractivity contribution in [1.29, 1.82) is 0 Å². The second kappa shape index (κ2) is 14.4. The van der Waals surface area contributed by atoms with Crippen molar-refractivity contribution >= 4 is 50.7 Å². The third kappa shape index (κ3) is 7.68. The third-order valence-corrected chi connectivity index (χ3v) is 8.56. The molecule has 0 heterocycles. The molecule has 0 aliphatic rings. The van der Waals surface area contributed by atoms with Crippen molar-refractivity contribution in [3.8, 4) is 5.75 Å². The summed E-state index contributed by atoms with van der Waals surface area (Å²) in [6.45, 7) is 3.65. The molecule has 0 spiro atoms. The van der Waals surface area contributed by atoms with Crippen molar-refractivity contribution in [3.05, 3.63) is 88.4 Å². The minimum Gasteiger partial charge on any atom is -0.497 e. The molecule has 0 saturated carbocycles. The molecular formula is C29H33Cl2N3O5S. The summed E-state index contributed by atoms with van der Waals surface area (Å²) < 4.78 is 33.9. The van der Waals surface area contributed by atoms with Gasteiger partial charge in [-0.05, 0) is 60.9 Å². The zero-order valence-electron chi connectivity index (χ0n) is 22.6. The van der Waals surface area contributed by atoms with Gasteiger partial charge in [-0.25, -0.2) is 8.42 Å². The number of carbonyl (C=O) groups excluding carboxylic acids is 2. The lowest BCUT2D eigenvalue weighted by Gasteiger charge is -2.33. The first-order valence-electron chi connectivity index (χ1n) is 12.8. The Morgan fingerprint density at radius 2 is 1.65 bits per heavy atom. The van der Waals surface area contributed by atoms with Gasteiger partial charge in [0.25, 0.3) is 10.0 Å². The average Bonchev–Trinajstić information content (AvgIpc) is 2.96. The fourth-order valence-electron chi connectivity index (χ4n) is 4.12. The molecule has 214 valence electrons. The number of rotatable bonds is 13. The van der Waals surface area contributed by atoms with Crippen molar-refractivity contribution < 1.29 is 22.7 Å². The molecule has 1 atom stereocenters. The van der Waals surface area contributed by atoms with Crippen molar-refractivity contribution in [2.24, 2.45) is 0 Å². The Morgan fingerprint density at radius 3 is 2.25 bits per heavy atom. The molecule has 0 fully saturated rings. The first-order chi connectivity index (χ1) is 19.1. The quantitative estimate of drug-likeness (QED) is 0.276. The van der Waals surface area contributed by atoms with Gasteiger partial charge in [0.05, 0.1) is 22.7 Å². The van der Waals surface area contributed by atoms with Gasteiger partial charge in [-0.1, -0.05) is 67.4 Å². The van der Waals surface area contributed by atoms with E-state index in [-0.39, 0.29) is 33.1 Å². The van der Waals surface area contributed by atoms with Crippen LogP contribution in [0.15, 0.2) is 77.7 Å². The van der Waals surface area contributed by atoms with E-state index < -0.39 is 28.5 Å². The number of hydrogen-bond donors (Lipinski definition) is 1. The number of ether oxygens (including phenoxy) is 1. The van der Waals surface area contributed by atoms with E-state index in [2.05, 4.69) is 5.32 Å². The summed E-state index contributed by atoms with van der Waals surface area (Å²) in [5.41, 5.74) is 0.799. The smallest absolute Gasteiger partial charge is 0.264 e. The number of nitrogens with zero attached hydrogens (tertiary/aromatic N) is 2. The zero-order chi connectivity index (χ0) is 29.3. The highest BCUT2D eigenvalue weighted by Gasteiger charge is 2.34. The number of carbonyl (C=O) groups is 2. The van der Waals surface area contributed by atoms with Gasteiger partial charge in [-0.2, -0.15) is 0 Å². The summed E-state index contributed by atoms with van der Waals surface area (Å²) in [6.07, 6.45) is 1.05. The topological polar surface area (TPSA) is 96.0 Å². The fourth-order valence-corrected chi connectivity index (χ4v) is 6.01. The number of anilines is 1. The van der Waals surface area contributed by atoms with Crippen molar-refractivity contribution in [2.75, 3.05) is 24.5 Å². The van der Waals surface area contributed by atoms with Crippen molar-refractivity contribution in [3.63, 3.8) is 0 Å². The normalized spacial score (nSPS) is 11.9. The molecule has 1 N–H and O–H groups in total. The van der Waals surface area contributed by atoms with E-state index in [1.807, 2.05) is 6.92 Å². The Labute approximate surface area is 245 Å². The number of nitrogens with one attached hydrogen (secondary N) is 1. The number of amides is 2. The molecule has 3 aromatic rings. The average molecular weight is 607 g/mol. The van der Waals surface area contributed by atoms with Crippen molar-refractivity contribution in [1.82, 2.24) is 10.2 Å². The molecule has 0 bridgehead atoms. The molecule has 3 rings (SSSR count). The van der Waals surface area contributed by atoms with Gasteiger partial charge >= 0.3 is 0 Å². The summed E-state index contributed by atoms with van der Waals surface area (Å²) >= 11 is 12.7. The van der Waals surface area contributed by atoms with Crippen LogP contribution in [0.2, 0.25) is 10.0 Å². The van der Waals surface area contributed by atoms with E-state index in [9.17, 15) is 18.0 Å². The Hall–Kier alpha value is -3.27. The van der Waals surface area contributed by atoms with Crippen LogP contribution in [0.1, 0.15) is 32.3 Å². The van der Waals surface area contributed by atoms with Crippen LogP contribution in [0.25, 0.3) is 0 Å². The van der Waals surface area contributed by atoms with Gasteiger partial charge < -0.3 is 15.0 Å². The highest BCUT2D eigenvalue weighted by Crippen LogP contribution is 2.33. The van der Waals surface area contributed by atoms with Gasteiger partial charge in [0.15, 0.2) is 0 Å². The lowest BCUT2D eigenvalue weighted by molar-refractivity contribution is -0.140. The lowest BCUT2D eigenvalue weighted by atomic mass is 10.1. The highest BCUT2D eigenvalue weighted by molar-refractivity contribution is 7.92. The summed E-state index contributed by atoms with van der Waals surface area (Å²) in [7, 11) is -2.69. The zero-order valence-corrected chi connectivity index (χ0v) is 25.0. The molecule has 40 heavy (non-hydrogen) atoms. The van der Waals surface area contributed by atoms with Gasteiger partial charge in [0.2, 0.25) is 11.8 Å². The molecule has 11 heteroatoms. The standard InChI is InChI=1S/C29H33Cl2N3O5S/c1-4-17-32-29(36)26(5-2)33(19-21-11-14-23(39-3)15-12-21)28(35)20-34(27-18-22(30)13-16-25(27)31)40(37,38)24-9-7-6-8-10-24/h6-16,18,26H,4-5,17,19-20H2,1-3H3,(H,32,36). The molecule has 0 radical (unpaired) electrons. The molecule has 1 unspecified atom stereocenters. The summed E-state index contributed by atoms with van der Waals surface area (Å²) in [4.78, 5) is 28.6. The van der Waals surface area contributed by atoms with Gasteiger partial charge in [0.1, 0.15) is 18.3 Å². The van der Waals surface area contributed by atoms with Crippen LogP contribution in [0, 0.1) is 0 Å². The SMILES string of the molecule is CCCNC(=O)C(CC)N(Cc1ccc(OC)cc1)C(=O)CN(c1cc(Cl)ccc1Cl)S(=O)(=O)c1ccccc1. The molecule has 3 aromatic carbocycles. The van der Waals surface area contributed by atoms with Gasteiger partial charge in [0, 0.05) is 18.1 Å². The number of hydrogen-bond acceptors (Lipinski definition) is 5. The summed E-state index contributed by atoms with van der Waals surface area (Å²) in [6, 6.07) is 18.4. The fraction of sp³-hybridized carbons (Fsp3) is 0.310. The molecular weight excluding hydrogens is 573 g/mol. The first-order valence-corrected chi connectivity index (χ1v) is 15.0. The summed E-state index contributed by atoms with van der Waals surface area (Å²) in [5, 5.41) is 3.21. The number of methoxy groups -OCH3 is 1. The van der Waals surface area contributed by atoms with Crippen LogP contribution < -0.4 is 14.4 Å². The van der Waals surface area contributed by atoms with E-state index in [4.69, 9.17) is 27.9 Å². The highest BCUT2D eigenvalue weighted by atomic mass is 35.5. The monoisotopic (exact) mass is 605 g/mol. The maximum Gasteiger partial charge on any atom is 0.264 e. The molecule has 0 saturated heterocycles. The Kier molecular flexibility index (Phi) is 11.2. The van der Waals surface area contributed by atoms with Crippen LogP contribution in [0.3, 0.4) is 0 Å². The van der Waals surface area contributed by atoms with Gasteiger partial charge in [-0.3, -0.25) is 13.9 Å². The Morgan fingerprint density at radius 1 is 0.975 bits per heavy atom. The summed E-state index contributed by atoms with van der Waals surface area (Å²) in [5.74, 6) is -0.251. The number of benzene rings is 3. The van der Waals surface area contributed by atoms with E-state index in [0.29, 0.717) is 18.7 Å². The lowest BCUT2D eigenvalue weighted by Crippen LogP contribution is -2.52. The van der Waals surface area contributed by atoms with Gasteiger partial charge in [-0.15, -0.1) is 0 Å². The van der Waals surface area contributed by atoms with Crippen LogP contribution in [-0.4, -0.2) is 51.4 Å². The van der Waals surface area contributed by atoms with Crippen LogP contribution in [0.4, 0.5) is 5.69 Å². The maximum absolute atomic E-state index is 14.0. The second-order valence-corrected chi connectivity index (χ2v) is 11.7. The molecule has 0 aliphatic heterocycles. The largest absolute Gasteiger partial charge is 0.497 e. The predicted octanol–water partition coefficient (Wildman–Crippen LogP) is 5.53. The Balaban J connectivity index is 2.07. The number of sulfonamides is 1. The van der Waals surface area contributed by atoms with E-state index >= 15 is 0 Å². The van der Waals surface area contributed by atoms with Crippen molar-refractivity contribution in [2.45, 2.75) is 44.2 Å². The van der Waals surface area contributed by atoms with Crippen LogP contribution >= 0.6 is 23.2 Å². The predicted molar refractivity (Wildman–Crippen MR) is 158 cm³/mol. The van der Waals surface area contributed by atoms with E-state index in [1.165, 1.54) is 35.2 Å². The van der Waals surface area contributed by atoms with E-state index in [0.717, 1.165) is 16.3 Å². The first kappa shape index (κ1) is 31.3. The van der Waals surface area contributed by atoms with Crippen LogP contribution in [-0.2, 0) is 26.2 Å². The molecule has 0 aliphatic carbocycles. The molecule has 2 amide bonds. The maximum atomic E-state index is 14.0. The molecule has 8 nitrogen and oxygen atoms in total. The number of halogens is 2. The third-order valence-electron chi connectivity index (χ3n) is 6.23. The minimum atomic E-state index is -4.25. The molecule has 0 aromatic heterocycles. The van der Waals surface area contributed by atoms with E-state index in [1.54, 1.807) is 56.5 Å². The Bertz CT molecular complexity index is 1400.